The molecule has 0 unspecified atom stereocenters. The van der Waals surface area contributed by atoms with Crippen LogP contribution in [0.4, 0.5) is 0 Å². The molecule has 1 amide bonds. The van der Waals surface area contributed by atoms with Crippen LogP contribution in [0.15, 0.2) is 5.16 Å². The summed E-state index contributed by atoms with van der Waals surface area (Å²) in [6.45, 7) is 6.28. The van der Waals surface area contributed by atoms with Crippen LogP contribution >= 0.6 is 11.8 Å². The molecule has 1 aromatic heterocycles. The van der Waals surface area contributed by atoms with E-state index in [4.69, 9.17) is 4.74 Å². The lowest BCUT2D eigenvalue weighted by molar-refractivity contribution is -0.120. The molecule has 1 aromatic rings. The first kappa shape index (κ1) is 16.8. The van der Waals surface area contributed by atoms with Crippen LogP contribution in [-0.2, 0) is 9.53 Å². The number of nitrogens with zero attached hydrogens (tertiary/aromatic N) is 3. The molecule has 2 rings (SSSR count). The summed E-state index contributed by atoms with van der Waals surface area (Å²) < 4.78 is 5.53. The maximum Gasteiger partial charge on any atom is 0.231 e. The molecule has 0 spiro atoms. The Balaban J connectivity index is 1.85. The second-order valence-corrected chi connectivity index (χ2v) is 6.75. The molecule has 0 saturated carbocycles. The molecular weight excluding hydrogens is 302 g/mol. The van der Waals surface area contributed by atoms with E-state index in [1.165, 1.54) is 11.8 Å². The van der Waals surface area contributed by atoms with E-state index in [0.717, 1.165) is 19.4 Å². The summed E-state index contributed by atoms with van der Waals surface area (Å²) in [7, 11) is 0. The fourth-order valence-corrected chi connectivity index (χ4v) is 2.62. The minimum atomic E-state index is -0.862. The summed E-state index contributed by atoms with van der Waals surface area (Å²) in [5, 5.41) is 19.4. The van der Waals surface area contributed by atoms with Crippen molar-refractivity contribution in [1.82, 2.24) is 20.5 Å². The van der Waals surface area contributed by atoms with Crippen LogP contribution in [0.2, 0.25) is 0 Å². The van der Waals surface area contributed by atoms with Crippen LogP contribution in [0.3, 0.4) is 0 Å². The Morgan fingerprint density at radius 1 is 1.68 bits per heavy atom. The van der Waals surface area contributed by atoms with Gasteiger partial charge in [0, 0.05) is 6.61 Å². The van der Waals surface area contributed by atoms with Crippen molar-refractivity contribution in [3.63, 3.8) is 0 Å². The molecule has 1 aliphatic heterocycles. The average molecular weight is 323 g/mol. The van der Waals surface area contributed by atoms with Gasteiger partial charge in [-0.3, -0.25) is 9.89 Å². The molecule has 1 saturated heterocycles. The molecule has 2 heterocycles. The van der Waals surface area contributed by atoms with E-state index in [-0.39, 0.29) is 23.7 Å². The van der Waals surface area contributed by atoms with Crippen molar-refractivity contribution in [2.75, 3.05) is 12.4 Å². The lowest BCUT2D eigenvalue weighted by Crippen LogP contribution is -2.49. The maximum absolute atomic E-state index is 12.0. The Labute approximate surface area is 134 Å². The highest BCUT2D eigenvalue weighted by Gasteiger charge is 2.30. The molecule has 22 heavy (non-hydrogen) atoms. The number of nitrogens with one attached hydrogen (secondary N) is 2. The second kappa shape index (κ2) is 7.11. The second-order valence-electron chi connectivity index (χ2n) is 5.81. The molecule has 0 radical (unpaired) electrons. The van der Waals surface area contributed by atoms with Crippen molar-refractivity contribution in [3.8, 4) is 6.07 Å². The summed E-state index contributed by atoms with van der Waals surface area (Å²) in [4.78, 5) is 16.3. The van der Waals surface area contributed by atoms with Crippen molar-refractivity contribution in [2.24, 2.45) is 5.92 Å². The quantitative estimate of drug-likeness (QED) is 0.774. The van der Waals surface area contributed by atoms with Crippen LogP contribution in [0.1, 0.15) is 45.5 Å². The number of carbonyl (C=O) groups is 1. The zero-order valence-corrected chi connectivity index (χ0v) is 13.9. The lowest BCUT2D eigenvalue weighted by Gasteiger charge is -2.27. The third-order valence-electron chi connectivity index (χ3n) is 3.84. The molecule has 2 atom stereocenters. The topological polar surface area (TPSA) is 104 Å². The van der Waals surface area contributed by atoms with E-state index in [1.807, 2.05) is 13.8 Å². The molecule has 0 aromatic carbocycles. The molecule has 7 nitrogen and oxygen atoms in total. The molecule has 2 N–H and O–H groups in total. The number of aromatic nitrogens is 3. The molecule has 8 heteroatoms. The highest BCUT2D eigenvalue weighted by molar-refractivity contribution is 7.99. The number of nitriles is 1. The first-order valence-electron chi connectivity index (χ1n) is 7.33. The predicted octanol–water partition coefficient (Wildman–Crippen LogP) is 1.80. The van der Waals surface area contributed by atoms with Gasteiger partial charge in [0.15, 0.2) is 5.82 Å². The predicted molar refractivity (Wildman–Crippen MR) is 82.0 cm³/mol. The number of H-pyrrole nitrogens is 1. The molecule has 0 aliphatic carbocycles. The number of carbonyl (C=O) groups excluding carboxylic acids is 1. The monoisotopic (exact) mass is 323 g/mol. The summed E-state index contributed by atoms with van der Waals surface area (Å²) >= 11 is 1.24. The largest absolute Gasteiger partial charge is 0.370 e. The fourth-order valence-electron chi connectivity index (χ4n) is 2.02. The van der Waals surface area contributed by atoms with Crippen molar-refractivity contribution < 1.29 is 9.53 Å². The van der Waals surface area contributed by atoms with Gasteiger partial charge in [-0.15, -0.1) is 5.10 Å². The number of aromatic amines is 1. The Morgan fingerprint density at radius 3 is 3.05 bits per heavy atom. The van der Waals surface area contributed by atoms with Crippen molar-refractivity contribution in [1.29, 1.82) is 5.26 Å². The normalized spacial score (nSPS) is 20.6. The third kappa shape index (κ3) is 3.99. The Morgan fingerprint density at radius 2 is 2.45 bits per heavy atom. The van der Waals surface area contributed by atoms with E-state index in [1.54, 1.807) is 6.92 Å². The molecule has 0 bridgehead atoms. The summed E-state index contributed by atoms with van der Waals surface area (Å²) in [6.07, 6.45) is 1.95. The van der Waals surface area contributed by atoms with Gasteiger partial charge in [-0.05, 0) is 25.7 Å². The summed E-state index contributed by atoms with van der Waals surface area (Å²) in [6, 6.07) is 2.15. The van der Waals surface area contributed by atoms with Crippen molar-refractivity contribution >= 4 is 17.7 Å². The zero-order valence-electron chi connectivity index (χ0n) is 13.0. The SMILES string of the molecule is CC(C)[C@@](C)(C#N)NC(=O)CSc1n[nH]c([C@H]2CCCO2)n1. The van der Waals surface area contributed by atoms with E-state index < -0.39 is 5.54 Å². The van der Waals surface area contributed by atoms with Gasteiger partial charge in [-0.1, -0.05) is 25.6 Å². The van der Waals surface area contributed by atoms with Crippen LogP contribution in [-0.4, -0.2) is 39.0 Å². The molecule has 120 valence electrons. The number of rotatable bonds is 6. The van der Waals surface area contributed by atoms with Gasteiger partial charge in [0.2, 0.25) is 11.1 Å². The maximum atomic E-state index is 12.0. The van der Waals surface area contributed by atoms with Crippen LogP contribution < -0.4 is 5.32 Å². The minimum absolute atomic E-state index is 0.0153. The molecule has 1 fully saturated rings. The van der Waals surface area contributed by atoms with Crippen LogP contribution in [0.5, 0.6) is 0 Å². The van der Waals surface area contributed by atoms with Gasteiger partial charge in [0.05, 0.1) is 11.8 Å². The minimum Gasteiger partial charge on any atom is -0.370 e. The molecular formula is C14H21N5O2S. The third-order valence-corrected chi connectivity index (χ3v) is 4.68. The Hall–Kier alpha value is -1.59. The van der Waals surface area contributed by atoms with Gasteiger partial charge in [-0.25, -0.2) is 4.98 Å². The standard InChI is InChI=1S/C14H21N5O2S/c1-9(2)14(3,8-15)17-11(20)7-22-13-16-12(18-19-13)10-5-4-6-21-10/h9-10H,4-7H2,1-3H3,(H,17,20)(H,16,18,19)/t10-,14-/m1/s1. The first-order chi connectivity index (χ1) is 10.4. The Bertz CT molecular complexity index is 562. The number of hydrogen-bond donors (Lipinski definition) is 2. The van der Waals surface area contributed by atoms with E-state index >= 15 is 0 Å². The van der Waals surface area contributed by atoms with Crippen molar-refractivity contribution in [2.45, 2.75) is 50.4 Å². The summed E-state index contributed by atoms with van der Waals surface area (Å²) in [5.74, 6) is 0.712. The number of amides is 1. The number of ether oxygens (including phenoxy) is 1. The van der Waals surface area contributed by atoms with Gasteiger partial charge in [-0.2, -0.15) is 5.26 Å². The zero-order chi connectivity index (χ0) is 16.2. The number of thioether (sulfide) groups is 1. The van der Waals surface area contributed by atoms with Crippen LogP contribution in [0, 0.1) is 17.2 Å². The highest BCUT2D eigenvalue weighted by atomic mass is 32.2. The Kier molecular flexibility index (Phi) is 5.42. The van der Waals surface area contributed by atoms with Crippen LogP contribution in [0.25, 0.3) is 0 Å². The summed E-state index contributed by atoms with van der Waals surface area (Å²) in [5.41, 5.74) is -0.862. The number of hydrogen-bond acceptors (Lipinski definition) is 6. The average Bonchev–Trinajstić information content (AvgIpc) is 3.15. The van der Waals surface area contributed by atoms with E-state index in [9.17, 15) is 10.1 Å². The van der Waals surface area contributed by atoms with E-state index in [0.29, 0.717) is 11.0 Å². The first-order valence-corrected chi connectivity index (χ1v) is 8.32. The van der Waals surface area contributed by atoms with Gasteiger partial charge in [0.1, 0.15) is 11.6 Å². The van der Waals surface area contributed by atoms with Gasteiger partial charge < -0.3 is 10.1 Å². The smallest absolute Gasteiger partial charge is 0.231 e. The lowest BCUT2D eigenvalue weighted by atomic mass is 9.90. The highest BCUT2D eigenvalue weighted by Crippen LogP contribution is 2.27. The van der Waals surface area contributed by atoms with Crippen molar-refractivity contribution in [3.05, 3.63) is 5.82 Å². The van der Waals surface area contributed by atoms with Gasteiger partial charge >= 0.3 is 0 Å². The fraction of sp³-hybridized carbons (Fsp3) is 0.714. The van der Waals surface area contributed by atoms with E-state index in [2.05, 4.69) is 26.6 Å². The molecule has 1 aliphatic rings. The van der Waals surface area contributed by atoms with Gasteiger partial charge in [0.25, 0.3) is 0 Å².